The fourth-order valence-electron chi connectivity index (χ4n) is 3.64. The van der Waals surface area contributed by atoms with Gasteiger partial charge in [0.05, 0.1) is 6.54 Å². The first-order chi connectivity index (χ1) is 14.6. The maximum atomic E-state index is 12.6. The second-order valence-corrected chi connectivity index (χ2v) is 8.57. The zero-order chi connectivity index (χ0) is 20.9. The van der Waals surface area contributed by atoms with Crippen molar-refractivity contribution in [2.75, 3.05) is 0 Å². The van der Waals surface area contributed by atoms with Gasteiger partial charge < -0.3 is 9.84 Å². The molecule has 1 heterocycles. The summed E-state index contributed by atoms with van der Waals surface area (Å²) in [5.41, 5.74) is 4.32. The molecule has 30 heavy (non-hydrogen) atoms. The van der Waals surface area contributed by atoms with Crippen molar-refractivity contribution in [1.82, 2.24) is 10.5 Å². The number of hydrogen-bond acceptors (Lipinski definition) is 3. The molecule has 3 aromatic rings. The van der Waals surface area contributed by atoms with Crippen molar-refractivity contribution in [3.05, 3.63) is 75.5 Å². The number of nitrogens with zero attached hydrogens (tertiary/aromatic N) is 1. The Bertz CT molecular complexity index is 1120. The van der Waals surface area contributed by atoms with Crippen LogP contribution in [-0.4, -0.2) is 11.1 Å². The van der Waals surface area contributed by atoms with E-state index in [1.165, 1.54) is 25.7 Å². The van der Waals surface area contributed by atoms with E-state index in [0.29, 0.717) is 17.2 Å². The summed E-state index contributed by atoms with van der Waals surface area (Å²) in [6.07, 6.45) is 4.98. The highest BCUT2D eigenvalue weighted by Crippen LogP contribution is 2.24. The number of hydrogen-bond donors (Lipinski definition) is 1. The minimum absolute atomic E-state index is 0.145. The second-order valence-electron chi connectivity index (χ2n) is 7.65. The number of aryl methyl sites for hydroxylation is 1. The zero-order valence-corrected chi connectivity index (χ0v) is 18.5. The summed E-state index contributed by atoms with van der Waals surface area (Å²) in [6, 6.07) is 15.3. The highest BCUT2D eigenvalue weighted by Gasteiger charge is 2.13. The van der Waals surface area contributed by atoms with Crippen LogP contribution in [0.2, 0.25) is 0 Å². The van der Waals surface area contributed by atoms with Crippen LogP contribution in [0.15, 0.2) is 57.5 Å². The minimum atomic E-state index is -0.145. The predicted octanol–water partition coefficient (Wildman–Crippen LogP) is 5.88. The van der Waals surface area contributed by atoms with Crippen molar-refractivity contribution in [3.63, 3.8) is 0 Å². The third kappa shape index (κ3) is 5.01. The molecule has 2 aromatic carbocycles. The Kier molecular flexibility index (Phi) is 6.35. The molecule has 1 aromatic heterocycles. The number of aromatic nitrogens is 1. The van der Waals surface area contributed by atoms with Crippen molar-refractivity contribution < 1.29 is 9.32 Å². The first kappa shape index (κ1) is 20.4. The third-order valence-electron chi connectivity index (χ3n) is 5.36. The molecule has 0 bridgehead atoms. The third-order valence-corrected chi connectivity index (χ3v) is 5.85. The van der Waals surface area contributed by atoms with Gasteiger partial charge in [0, 0.05) is 33.1 Å². The molecule has 1 aliphatic carbocycles. The molecule has 1 N–H and O–H groups in total. The lowest BCUT2D eigenvalue weighted by Crippen LogP contribution is -2.22. The summed E-state index contributed by atoms with van der Waals surface area (Å²) >= 11 is 3.46. The summed E-state index contributed by atoms with van der Waals surface area (Å²) in [4.78, 5) is 12.6. The maximum Gasteiger partial charge on any atom is 0.251 e. The van der Waals surface area contributed by atoms with Crippen LogP contribution >= 0.6 is 15.9 Å². The number of halogens is 1. The van der Waals surface area contributed by atoms with Crippen molar-refractivity contribution in [2.45, 2.75) is 39.2 Å². The summed E-state index contributed by atoms with van der Waals surface area (Å²) in [6.45, 7) is 2.28. The molecule has 0 spiro atoms. The lowest BCUT2D eigenvalue weighted by Gasteiger charge is -2.05. The summed E-state index contributed by atoms with van der Waals surface area (Å²) < 4.78 is 6.35. The Morgan fingerprint density at radius 2 is 2.03 bits per heavy atom. The Morgan fingerprint density at radius 3 is 2.80 bits per heavy atom. The van der Waals surface area contributed by atoms with Crippen LogP contribution in [0.4, 0.5) is 0 Å². The van der Waals surface area contributed by atoms with Gasteiger partial charge in [0.25, 0.3) is 5.91 Å². The van der Waals surface area contributed by atoms with Crippen molar-refractivity contribution >= 4 is 21.8 Å². The topological polar surface area (TPSA) is 55.1 Å². The highest BCUT2D eigenvalue weighted by atomic mass is 79.9. The first-order valence-electron chi connectivity index (χ1n) is 10.2. The Labute approximate surface area is 185 Å². The van der Waals surface area contributed by atoms with Gasteiger partial charge in [-0.25, -0.2) is 0 Å². The second kappa shape index (κ2) is 9.32. The van der Waals surface area contributed by atoms with Gasteiger partial charge in [-0.3, -0.25) is 4.79 Å². The molecular weight excluding hydrogens is 440 g/mol. The van der Waals surface area contributed by atoms with Crippen LogP contribution in [0.1, 0.15) is 52.9 Å². The average molecular weight is 463 g/mol. The van der Waals surface area contributed by atoms with E-state index in [4.69, 9.17) is 4.52 Å². The minimum Gasteiger partial charge on any atom is -0.359 e. The van der Waals surface area contributed by atoms with E-state index in [9.17, 15) is 4.79 Å². The van der Waals surface area contributed by atoms with Crippen molar-refractivity contribution in [1.29, 1.82) is 0 Å². The van der Waals surface area contributed by atoms with Crippen LogP contribution in [0, 0.1) is 24.7 Å². The maximum absolute atomic E-state index is 12.6. The van der Waals surface area contributed by atoms with Crippen LogP contribution in [0.5, 0.6) is 0 Å². The lowest BCUT2D eigenvalue weighted by molar-refractivity contribution is 0.0947. The van der Waals surface area contributed by atoms with Gasteiger partial charge in [0.1, 0.15) is 5.69 Å². The lowest BCUT2D eigenvalue weighted by atomic mass is 10.0. The molecule has 4 rings (SSSR count). The molecule has 1 amide bonds. The molecule has 0 atom stereocenters. The number of benzene rings is 2. The van der Waals surface area contributed by atoms with Crippen molar-refractivity contribution in [2.24, 2.45) is 5.92 Å². The molecule has 1 saturated carbocycles. The molecule has 4 nitrogen and oxygen atoms in total. The van der Waals surface area contributed by atoms with E-state index in [1.54, 1.807) is 0 Å². The van der Waals surface area contributed by atoms with E-state index < -0.39 is 0 Å². The number of rotatable bonds is 4. The summed E-state index contributed by atoms with van der Waals surface area (Å²) in [5, 5.41) is 6.99. The molecule has 0 unspecified atom stereocenters. The van der Waals surface area contributed by atoms with Gasteiger partial charge in [0.15, 0.2) is 5.76 Å². The molecule has 5 heteroatoms. The van der Waals surface area contributed by atoms with E-state index >= 15 is 0 Å². The molecule has 0 aliphatic heterocycles. The molecular formula is C25H23BrN2O2. The molecule has 1 aliphatic rings. The standard InChI is InChI=1S/C25H23BrN2O2/c1-17-13-21(12-11-19(17)10-9-18-5-2-3-6-18)25(29)27-16-23-15-24(28-30-23)20-7-4-8-22(26)14-20/h4,7-8,11-15,18H,2-3,5-6,16H2,1H3,(H,27,29). The van der Waals surface area contributed by atoms with E-state index in [2.05, 4.69) is 38.2 Å². The SMILES string of the molecule is Cc1cc(C(=O)NCc2cc(-c3cccc(Br)c3)no2)ccc1C#CC1CCCC1. The fourth-order valence-corrected chi connectivity index (χ4v) is 4.04. The van der Waals surface area contributed by atoms with E-state index in [0.717, 1.165) is 26.9 Å². The number of nitrogens with one attached hydrogen (secondary N) is 1. The van der Waals surface area contributed by atoms with Crippen LogP contribution < -0.4 is 5.32 Å². The summed E-state index contributed by atoms with van der Waals surface area (Å²) in [5.74, 6) is 7.66. The van der Waals surface area contributed by atoms with Gasteiger partial charge in [0.2, 0.25) is 0 Å². The largest absolute Gasteiger partial charge is 0.359 e. The van der Waals surface area contributed by atoms with Gasteiger partial charge in [-0.2, -0.15) is 0 Å². The van der Waals surface area contributed by atoms with Gasteiger partial charge in [-0.05, 0) is 55.7 Å². The predicted molar refractivity (Wildman–Crippen MR) is 121 cm³/mol. The molecule has 1 fully saturated rings. The van der Waals surface area contributed by atoms with E-state index in [-0.39, 0.29) is 12.5 Å². The molecule has 0 saturated heterocycles. The van der Waals surface area contributed by atoms with Gasteiger partial charge >= 0.3 is 0 Å². The number of amides is 1. The molecule has 0 radical (unpaired) electrons. The van der Waals surface area contributed by atoms with Gasteiger partial charge in [-0.1, -0.05) is 57.9 Å². The monoisotopic (exact) mass is 462 g/mol. The zero-order valence-electron chi connectivity index (χ0n) is 16.9. The van der Waals surface area contributed by atoms with Crippen LogP contribution in [-0.2, 0) is 6.54 Å². The Balaban J connectivity index is 1.38. The Morgan fingerprint density at radius 1 is 1.20 bits per heavy atom. The van der Waals surface area contributed by atoms with Crippen molar-refractivity contribution in [3.8, 4) is 23.1 Å². The smallest absolute Gasteiger partial charge is 0.251 e. The van der Waals surface area contributed by atoms with E-state index in [1.807, 2.05) is 55.5 Å². The van der Waals surface area contributed by atoms with Crippen LogP contribution in [0.3, 0.4) is 0 Å². The van der Waals surface area contributed by atoms with Crippen LogP contribution in [0.25, 0.3) is 11.3 Å². The highest BCUT2D eigenvalue weighted by molar-refractivity contribution is 9.10. The molecule has 152 valence electrons. The van der Waals surface area contributed by atoms with Gasteiger partial charge in [-0.15, -0.1) is 0 Å². The summed E-state index contributed by atoms with van der Waals surface area (Å²) in [7, 11) is 0. The number of carbonyl (C=O) groups is 1. The Hall–Kier alpha value is -2.84. The first-order valence-corrected chi connectivity index (χ1v) is 11.0. The average Bonchev–Trinajstić information content (AvgIpc) is 3.43. The normalized spacial score (nSPS) is 13.7. The number of carbonyl (C=O) groups excluding carboxylic acids is 1. The fraction of sp³-hybridized carbons (Fsp3) is 0.280. The quantitative estimate of drug-likeness (QED) is 0.492.